The van der Waals surface area contributed by atoms with Crippen molar-refractivity contribution in [2.75, 3.05) is 19.8 Å². The van der Waals surface area contributed by atoms with Gasteiger partial charge in [-0.3, -0.25) is 4.57 Å². The van der Waals surface area contributed by atoms with Gasteiger partial charge in [0.2, 0.25) is 0 Å². The second-order valence-electron chi connectivity index (χ2n) is 2.60. The summed E-state index contributed by atoms with van der Waals surface area (Å²) in [5.41, 5.74) is 0. The van der Waals surface area contributed by atoms with Gasteiger partial charge >= 0.3 is 7.60 Å². The molecule has 0 spiro atoms. The minimum Gasteiger partial charge on any atom is -0.361 e. The third kappa shape index (κ3) is 4.50. The first-order valence-corrected chi connectivity index (χ1v) is 5.99. The van der Waals surface area contributed by atoms with Crippen LogP contribution in [0.5, 0.6) is 0 Å². The molecule has 0 fully saturated rings. The summed E-state index contributed by atoms with van der Waals surface area (Å²) in [7, 11) is -3.76. The van der Waals surface area contributed by atoms with Crippen molar-refractivity contribution in [1.82, 2.24) is 4.90 Å². The van der Waals surface area contributed by atoms with Crippen LogP contribution in [0.1, 0.15) is 20.8 Å². The molecular formula is C7H16FN2OP. The number of hydrogen-bond donors (Lipinski definition) is 0. The highest BCUT2D eigenvalue weighted by molar-refractivity contribution is 7.56. The Hall–Kier alpha value is -0.370. The Balaban J connectivity index is 4.45. The molecule has 3 nitrogen and oxygen atoms in total. The standard InChI is InChI=1S/C7H16FN2OP/c1-5-10(6-2)7(3)9-12(4,8)11/h5-6H2,1-4H3. The number of halogens is 1. The number of rotatable bonds is 3. The Bertz CT molecular complexity index is 207. The van der Waals surface area contributed by atoms with Gasteiger partial charge in [0.05, 0.1) is 0 Å². The minimum absolute atomic E-state index is 0.508. The highest BCUT2D eigenvalue weighted by Crippen LogP contribution is 2.44. The van der Waals surface area contributed by atoms with Gasteiger partial charge in [-0.25, -0.2) is 0 Å². The lowest BCUT2D eigenvalue weighted by atomic mass is 10.5. The van der Waals surface area contributed by atoms with E-state index in [1.54, 1.807) is 6.92 Å². The van der Waals surface area contributed by atoms with Crippen LogP contribution < -0.4 is 0 Å². The Morgan fingerprint density at radius 1 is 1.50 bits per heavy atom. The molecule has 0 bridgehead atoms. The molecule has 0 radical (unpaired) electrons. The molecule has 1 atom stereocenters. The van der Waals surface area contributed by atoms with Crippen molar-refractivity contribution >= 4 is 13.4 Å². The molecule has 1 unspecified atom stereocenters. The van der Waals surface area contributed by atoms with Crippen LogP contribution in [0.25, 0.3) is 0 Å². The summed E-state index contributed by atoms with van der Waals surface area (Å²) in [6.07, 6.45) is 0. The summed E-state index contributed by atoms with van der Waals surface area (Å²) >= 11 is 0. The molecule has 0 saturated carbocycles. The molecule has 0 saturated heterocycles. The van der Waals surface area contributed by atoms with Crippen LogP contribution in [0.15, 0.2) is 4.76 Å². The van der Waals surface area contributed by atoms with Crippen LogP contribution in [-0.4, -0.2) is 30.5 Å². The molecular weight excluding hydrogens is 178 g/mol. The molecule has 0 aromatic carbocycles. The van der Waals surface area contributed by atoms with Crippen molar-refractivity contribution in [2.24, 2.45) is 4.76 Å². The molecule has 0 heterocycles. The van der Waals surface area contributed by atoms with Crippen molar-refractivity contribution in [2.45, 2.75) is 20.8 Å². The molecule has 0 N–H and O–H groups in total. The van der Waals surface area contributed by atoms with E-state index >= 15 is 0 Å². The zero-order valence-corrected chi connectivity index (χ0v) is 8.94. The predicted molar refractivity (Wildman–Crippen MR) is 50.7 cm³/mol. The maximum Gasteiger partial charge on any atom is 0.350 e. The van der Waals surface area contributed by atoms with E-state index in [0.717, 1.165) is 19.8 Å². The van der Waals surface area contributed by atoms with Gasteiger partial charge < -0.3 is 4.90 Å². The molecule has 0 aliphatic heterocycles. The number of nitrogens with zero attached hydrogens (tertiary/aromatic N) is 2. The molecule has 0 aromatic rings. The van der Waals surface area contributed by atoms with Gasteiger partial charge in [0, 0.05) is 19.8 Å². The van der Waals surface area contributed by atoms with Crippen LogP contribution in [-0.2, 0) is 4.57 Å². The summed E-state index contributed by atoms with van der Waals surface area (Å²) in [6.45, 7) is 8.09. The first-order chi connectivity index (χ1) is 5.40. The van der Waals surface area contributed by atoms with E-state index < -0.39 is 7.60 Å². The van der Waals surface area contributed by atoms with Gasteiger partial charge in [-0.05, 0) is 20.8 Å². The fraction of sp³-hybridized carbons (Fsp3) is 0.857. The second kappa shape index (κ2) is 4.61. The highest BCUT2D eigenvalue weighted by Gasteiger charge is 2.11. The van der Waals surface area contributed by atoms with Gasteiger partial charge in [0.25, 0.3) is 0 Å². The maximum absolute atomic E-state index is 12.6. The molecule has 0 aliphatic carbocycles. The average Bonchev–Trinajstić information content (AvgIpc) is 1.85. The van der Waals surface area contributed by atoms with E-state index in [4.69, 9.17) is 0 Å². The van der Waals surface area contributed by atoms with Crippen molar-refractivity contribution < 1.29 is 8.76 Å². The summed E-state index contributed by atoms with van der Waals surface area (Å²) in [5.74, 6) is 0.508. The topological polar surface area (TPSA) is 32.7 Å². The van der Waals surface area contributed by atoms with E-state index in [0.29, 0.717) is 5.84 Å². The molecule has 0 amide bonds. The number of hydrogen-bond acceptors (Lipinski definition) is 1. The fourth-order valence-corrected chi connectivity index (χ4v) is 1.65. The first kappa shape index (κ1) is 11.6. The van der Waals surface area contributed by atoms with Gasteiger partial charge in [-0.1, -0.05) is 0 Å². The normalized spacial score (nSPS) is 17.2. The second-order valence-corrected chi connectivity index (χ2v) is 4.35. The molecule has 72 valence electrons. The summed E-state index contributed by atoms with van der Waals surface area (Å²) in [5, 5.41) is 0. The zero-order chi connectivity index (χ0) is 9.78. The van der Waals surface area contributed by atoms with E-state index in [2.05, 4.69) is 4.76 Å². The van der Waals surface area contributed by atoms with Crippen LogP contribution in [0.3, 0.4) is 0 Å². The van der Waals surface area contributed by atoms with Crippen molar-refractivity contribution in [1.29, 1.82) is 0 Å². The largest absolute Gasteiger partial charge is 0.361 e. The van der Waals surface area contributed by atoms with Crippen LogP contribution in [0, 0.1) is 0 Å². The quantitative estimate of drug-likeness (QED) is 0.393. The zero-order valence-electron chi connectivity index (χ0n) is 8.04. The molecule has 5 heteroatoms. The van der Waals surface area contributed by atoms with Crippen molar-refractivity contribution in [3.63, 3.8) is 0 Å². The molecule has 0 rings (SSSR count). The Labute approximate surface area is 73.2 Å². The summed E-state index contributed by atoms with van der Waals surface area (Å²) in [6, 6.07) is 0. The van der Waals surface area contributed by atoms with Gasteiger partial charge in [0.15, 0.2) is 0 Å². The Morgan fingerprint density at radius 2 is 1.92 bits per heavy atom. The fourth-order valence-electron chi connectivity index (χ4n) is 1.00. The molecule has 12 heavy (non-hydrogen) atoms. The van der Waals surface area contributed by atoms with Crippen LogP contribution >= 0.6 is 7.60 Å². The molecule has 0 aliphatic rings. The molecule has 0 aromatic heterocycles. The van der Waals surface area contributed by atoms with E-state index in [-0.39, 0.29) is 0 Å². The lowest BCUT2D eigenvalue weighted by Crippen LogP contribution is -2.27. The average molecular weight is 194 g/mol. The first-order valence-electron chi connectivity index (χ1n) is 3.99. The predicted octanol–water partition coefficient (Wildman–Crippen LogP) is 2.54. The monoisotopic (exact) mass is 194 g/mol. The Morgan fingerprint density at radius 3 is 2.17 bits per heavy atom. The summed E-state index contributed by atoms with van der Waals surface area (Å²) in [4.78, 5) is 1.86. The van der Waals surface area contributed by atoms with E-state index in [9.17, 15) is 8.76 Å². The third-order valence-corrected chi connectivity index (χ3v) is 2.19. The third-order valence-electron chi connectivity index (χ3n) is 1.54. The highest BCUT2D eigenvalue weighted by atomic mass is 31.2. The lowest BCUT2D eigenvalue weighted by molar-refractivity contribution is 0.462. The van der Waals surface area contributed by atoms with Crippen LogP contribution in [0.2, 0.25) is 0 Å². The van der Waals surface area contributed by atoms with Gasteiger partial charge in [0.1, 0.15) is 5.84 Å². The Kier molecular flexibility index (Phi) is 4.46. The smallest absolute Gasteiger partial charge is 0.350 e. The van der Waals surface area contributed by atoms with Crippen molar-refractivity contribution in [3.05, 3.63) is 0 Å². The van der Waals surface area contributed by atoms with Crippen LogP contribution in [0.4, 0.5) is 4.20 Å². The maximum atomic E-state index is 12.6. The SMILES string of the molecule is CCN(CC)C(C)=NP(C)(=O)F. The van der Waals surface area contributed by atoms with Crippen molar-refractivity contribution in [3.8, 4) is 0 Å². The minimum atomic E-state index is -3.76. The van der Waals surface area contributed by atoms with E-state index in [1.807, 2.05) is 18.7 Å². The van der Waals surface area contributed by atoms with E-state index in [1.165, 1.54) is 0 Å². The summed E-state index contributed by atoms with van der Waals surface area (Å²) < 4.78 is 26.8. The van der Waals surface area contributed by atoms with Gasteiger partial charge in [-0.15, -0.1) is 0 Å². The lowest BCUT2D eigenvalue weighted by Gasteiger charge is -2.19. The van der Waals surface area contributed by atoms with Gasteiger partial charge in [-0.2, -0.15) is 8.96 Å². The number of amidine groups is 1.